The van der Waals surface area contributed by atoms with Gasteiger partial charge in [0.1, 0.15) is 6.04 Å². The van der Waals surface area contributed by atoms with E-state index in [2.05, 4.69) is 23.5 Å². The van der Waals surface area contributed by atoms with Crippen LogP contribution in [0.15, 0.2) is 48.5 Å². The maximum atomic E-state index is 12.5. The summed E-state index contributed by atoms with van der Waals surface area (Å²) in [5.41, 5.74) is 2.12. The fourth-order valence-electron chi connectivity index (χ4n) is 3.70. The van der Waals surface area contributed by atoms with Gasteiger partial charge in [-0.15, -0.1) is 11.3 Å². The average Bonchev–Trinajstić information content (AvgIpc) is 3.12. The molecule has 2 N–H and O–H groups in total. The Balaban J connectivity index is 1.41. The van der Waals surface area contributed by atoms with E-state index in [9.17, 15) is 4.79 Å². The number of aromatic nitrogens is 1. The molecule has 1 aromatic heterocycles. The molecule has 1 amide bonds. The zero-order valence-electron chi connectivity index (χ0n) is 15.1. The SMILES string of the molecule is O=C(C[NH+]1CCCC[C@@H]1c1nc2ccccc2s1)NCc1ccc(Cl)cc1. The lowest BCUT2D eigenvalue weighted by atomic mass is 10.0. The van der Waals surface area contributed by atoms with Crippen molar-refractivity contribution >= 4 is 39.1 Å². The van der Waals surface area contributed by atoms with E-state index in [0.29, 0.717) is 24.2 Å². The maximum Gasteiger partial charge on any atom is 0.275 e. The lowest BCUT2D eigenvalue weighted by molar-refractivity contribution is -0.929. The first-order valence-corrected chi connectivity index (χ1v) is 10.6. The Morgan fingerprint density at radius 3 is 2.81 bits per heavy atom. The zero-order valence-corrected chi connectivity index (χ0v) is 16.7. The summed E-state index contributed by atoms with van der Waals surface area (Å²) in [6, 6.07) is 16.2. The Bertz CT molecular complexity index is 892. The average molecular weight is 401 g/mol. The van der Waals surface area contributed by atoms with Crippen LogP contribution in [0.1, 0.15) is 35.9 Å². The molecule has 27 heavy (non-hydrogen) atoms. The molecule has 2 aromatic carbocycles. The van der Waals surface area contributed by atoms with Crippen LogP contribution >= 0.6 is 22.9 Å². The van der Waals surface area contributed by atoms with Crippen LogP contribution in [0.4, 0.5) is 0 Å². The standard InChI is InChI=1S/C21H22ClN3OS/c22-16-10-8-15(9-11-16)13-23-20(26)14-25-12-4-3-6-18(25)21-24-17-5-1-2-7-19(17)27-21/h1-2,5,7-11,18H,3-4,6,12-14H2,(H,23,26)/p+1/t18-/m1/s1. The third-order valence-electron chi connectivity index (χ3n) is 5.13. The first-order chi connectivity index (χ1) is 13.2. The number of carbonyl (C=O) groups is 1. The number of amides is 1. The number of nitrogens with one attached hydrogen (secondary N) is 2. The highest BCUT2D eigenvalue weighted by Crippen LogP contribution is 2.28. The second-order valence-corrected chi connectivity index (χ2v) is 8.56. The molecule has 1 saturated heterocycles. The van der Waals surface area contributed by atoms with Crippen molar-refractivity contribution in [2.45, 2.75) is 31.8 Å². The summed E-state index contributed by atoms with van der Waals surface area (Å²) in [7, 11) is 0. The number of para-hydroxylation sites is 1. The van der Waals surface area contributed by atoms with E-state index in [4.69, 9.17) is 16.6 Å². The van der Waals surface area contributed by atoms with Crippen LogP contribution in [0.2, 0.25) is 5.02 Å². The molecular formula is C21H23ClN3OS+. The number of piperidine rings is 1. The number of quaternary nitrogens is 1. The van der Waals surface area contributed by atoms with Crippen LogP contribution in [0.3, 0.4) is 0 Å². The third-order valence-corrected chi connectivity index (χ3v) is 6.53. The number of halogens is 1. The van der Waals surface area contributed by atoms with E-state index < -0.39 is 0 Å². The van der Waals surface area contributed by atoms with Gasteiger partial charge in [0, 0.05) is 18.0 Å². The number of nitrogens with zero attached hydrogens (tertiary/aromatic N) is 1. The highest BCUT2D eigenvalue weighted by Gasteiger charge is 2.31. The third kappa shape index (κ3) is 4.49. The van der Waals surface area contributed by atoms with Crippen molar-refractivity contribution < 1.29 is 9.69 Å². The fourth-order valence-corrected chi connectivity index (χ4v) is 4.99. The van der Waals surface area contributed by atoms with Crippen molar-refractivity contribution in [2.24, 2.45) is 0 Å². The van der Waals surface area contributed by atoms with Gasteiger partial charge in [-0.3, -0.25) is 4.79 Å². The molecule has 3 aromatic rings. The molecule has 0 spiro atoms. The lowest BCUT2D eigenvalue weighted by Gasteiger charge is -2.30. The first kappa shape index (κ1) is 18.4. The van der Waals surface area contributed by atoms with E-state index in [1.54, 1.807) is 11.3 Å². The number of rotatable bonds is 5. The second-order valence-electron chi connectivity index (χ2n) is 7.06. The number of thiazole rings is 1. The summed E-state index contributed by atoms with van der Waals surface area (Å²) in [5, 5.41) is 4.92. The van der Waals surface area contributed by atoms with Crippen LogP contribution in [0, 0.1) is 0 Å². The van der Waals surface area contributed by atoms with E-state index in [1.807, 2.05) is 30.3 Å². The molecule has 0 bridgehead atoms. The minimum atomic E-state index is 0.0907. The quantitative estimate of drug-likeness (QED) is 0.689. The topological polar surface area (TPSA) is 46.4 Å². The molecule has 1 fully saturated rings. The number of fused-ring (bicyclic) bond motifs is 1. The van der Waals surface area contributed by atoms with Crippen LogP contribution in [-0.4, -0.2) is 24.0 Å². The minimum Gasteiger partial charge on any atom is -0.347 e. The van der Waals surface area contributed by atoms with Crippen LogP contribution in [-0.2, 0) is 11.3 Å². The van der Waals surface area contributed by atoms with Crippen LogP contribution in [0.25, 0.3) is 10.2 Å². The summed E-state index contributed by atoms with van der Waals surface area (Å²) in [6.07, 6.45) is 3.47. The van der Waals surface area contributed by atoms with Gasteiger partial charge in [-0.25, -0.2) is 4.98 Å². The van der Waals surface area contributed by atoms with Gasteiger partial charge < -0.3 is 10.2 Å². The number of carbonyl (C=O) groups excluding carboxylic acids is 1. The van der Waals surface area contributed by atoms with Crippen molar-refractivity contribution in [3.8, 4) is 0 Å². The molecule has 1 unspecified atom stereocenters. The normalized spacial score (nSPS) is 19.9. The van der Waals surface area contributed by atoms with Gasteiger partial charge in [-0.2, -0.15) is 0 Å². The van der Waals surface area contributed by atoms with E-state index in [-0.39, 0.29) is 5.91 Å². The maximum absolute atomic E-state index is 12.5. The predicted octanol–water partition coefficient (Wildman–Crippen LogP) is 3.38. The van der Waals surface area contributed by atoms with Crippen LogP contribution < -0.4 is 10.2 Å². The van der Waals surface area contributed by atoms with Crippen molar-refractivity contribution in [3.05, 3.63) is 64.1 Å². The highest BCUT2D eigenvalue weighted by molar-refractivity contribution is 7.18. The van der Waals surface area contributed by atoms with E-state index in [1.165, 1.54) is 22.4 Å². The lowest BCUT2D eigenvalue weighted by Crippen LogP contribution is -3.14. The van der Waals surface area contributed by atoms with Gasteiger partial charge in [-0.05, 0) is 42.7 Å². The van der Waals surface area contributed by atoms with Crippen LogP contribution in [0.5, 0.6) is 0 Å². The molecule has 1 aliphatic heterocycles. The summed E-state index contributed by atoms with van der Waals surface area (Å²) < 4.78 is 1.23. The number of hydrogen-bond donors (Lipinski definition) is 2. The molecule has 6 heteroatoms. The molecule has 4 nitrogen and oxygen atoms in total. The van der Waals surface area contributed by atoms with Gasteiger partial charge in [0.25, 0.3) is 5.91 Å². The summed E-state index contributed by atoms with van der Waals surface area (Å²) in [5.74, 6) is 0.0907. The monoisotopic (exact) mass is 400 g/mol. The van der Waals surface area contributed by atoms with Crippen molar-refractivity contribution in [1.29, 1.82) is 0 Å². The predicted molar refractivity (Wildman–Crippen MR) is 110 cm³/mol. The molecule has 4 rings (SSSR count). The molecule has 140 valence electrons. The minimum absolute atomic E-state index is 0.0907. The Morgan fingerprint density at radius 1 is 1.19 bits per heavy atom. The van der Waals surface area contributed by atoms with E-state index >= 15 is 0 Å². The van der Waals surface area contributed by atoms with Gasteiger partial charge in [0.05, 0.1) is 16.8 Å². The summed E-state index contributed by atoms with van der Waals surface area (Å²) >= 11 is 7.68. The fraction of sp³-hybridized carbons (Fsp3) is 0.333. The molecule has 2 atom stereocenters. The van der Waals surface area contributed by atoms with Crippen molar-refractivity contribution in [2.75, 3.05) is 13.1 Å². The Labute approximate surface area is 168 Å². The molecule has 0 radical (unpaired) electrons. The molecule has 1 aliphatic rings. The first-order valence-electron chi connectivity index (χ1n) is 9.40. The van der Waals surface area contributed by atoms with E-state index in [0.717, 1.165) is 29.1 Å². The number of likely N-dealkylation sites (tertiary alicyclic amines) is 1. The Morgan fingerprint density at radius 2 is 2.00 bits per heavy atom. The van der Waals surface area contributed by atoms with Gasteiger partial charge in [0.15, 0.2) is 11.6 Å². The highest BCUT2D eigenvalue weighted by atomic mass is 35.5. The van der Waals surface area contributed by atoms with Gasteiger partial charge >= 0.3 is 0 Å². The molecule has 2 heterocycles. The van der Waals surface area contributed by atoms with Crippen molar-refractivity contribution in [1.82, 2.24) is 10.3 Å². The molecule has 0 aliphatic carbocycles. The summed E-state index contributed by atoms with van der Waals surface area (Å²) in [4.78, 5) is 18.7. The smallest absolute Gasteiger partial charge is 0.275 e. The van der Waals surface area contributed by atoms with Gasteiger partial charge in [0.2, 0.25) is 0 Å². The Kier molecular flexibility index (Phi) is 5.72. The zero-order chi connectivity index (χ0) is 18.6. The number of benzene rings is 2. The largest absolute Gasteiger partial charge is 0.347 e. The second kappa shape index (κ2) is 8.38. The van der Waals surface area contributed by atoms with Gasteiger partial charge in [-0.1, -0.05) is 35.9 Å². The molecular weight excluding hydrogens is 378 g/mol. The Hall–Kier alpha value is -1.95. The van der Waals surface area contributed by atoms with Crippen molar-refractivity contribution in [3.63, 3.8) is 0 Å². The number of hydrogen-bond acceptors (Lipinski definition) is 3. The summed E-state index contributed by atoms with van der Waals surface area (Å²) in [6.45, 7) is 2.05. The molecule has 0 saturated carbocycles.